The zero-order valence-corrected chi connectivity index (χ0v) is 15.0. The first-order valence-electron chi connectivity index (χ1n) is 8.57. The molecule has 0 bridgehead atoms. The van der Waals surface area contributed by atoms with E-state index >= 15 is 0 Å². The molecule has 2 rings (SSSR count). The summed E-state index contributed by atoms with van der Waals surface area (Å²) < 4.78 is 6.19. The number of nitrogens with one attached hydrogen (secondary N) is 1. The second-order valence-corrected chi connectivity index (χ2v) is 6.53. The van der Waals surface area contributed by atoms with E-state index in [1.807, 2.05) is 6.07 Å². The zero-order valence-electron chi connectivity index (χ0n) is 15.0. The lowest BCUT2D eigenvalue weighted by Gasteiger charge is -2.21. The van der Waals surface area contributed by atoms with E-state index in [-0.39, 0.29) is 6.10 Å². The Labute approximate surface area is 140 Å². The van der Waals surface area contributed by atoms with Crippen molar-refractivity contribution in [3.63, 3.8) is 0 Å². The van der Waals surface area contributed by atoms with Crippen LogP contribution in [-0.2, 0) is 0 Å². The van der Waals surface area contributed by atoms with Crippen molar-refractivity contribution in [1.29, 1.82) is 0 Å². The summed E-state index contributed by atoms with van der Waals surface area (Å²) in [6, 6.07) is 14.9. The Balaban J connectivity index is 1.98. The molecule has 2 nitrogen and oxygen atoms in total. The smallest absolute Gasteiger partial charge is 0.123 e. The first-order valence-corrected chi connectivity index (χ1v) is 8.57. The van der Waals surface area contributed by atoms with Crippen LogP contribution in [0.5, 0.6) is 5.75 Å². The Kier molecular flexibility index (Phi) is 6.09. The maximum Gasteiger partial charge on any atom is 0.123 e. The molecule has 0 aliphatic heterocycles. The topological polar surface area (TPSA) is 21.3 Å². The minimum atomic E-state index is 0.112. The highest BCUT2D eigenvalue weighted by molar-refractivity contribution is 5.48. The number of aryl methyl sites for hydroxylation is 2. The first kappa shape index (κ1) is 17.4. The lowest BCUT2D eigenvalue weighted by molar-refractivity contribution is 0.231. The van der Waals surface area contributed by atoms with Crippen molar-refractivity contribution in [3.8, 4) is 5.75 Å². The number of para-hydroxylation sites is 1. The van der Waals surface area contributed by atoms with Gasteiger partial charge in [0.2, 0.25) is 0 Å². The van der Waals surface area contributed by atoms with Crippen LogP contribution in [0.1, 0.15) is 49.8 Å². The van der Waals surface area contributed by atoms with E-state index in [4.69, 9.17) is 4.74 Å². The standard InChI is InChI=1S/C21H29NO/c1-6-17(4)20-9-7-8-10-21(20)23-18(5)14-22-19-12-15(2)11-16(3)13-19/h7-13,17-18,22H,6,14H2,1-5H3/t17-,18+/m0/s1. The number of rotatable bonds is 7. The lowest BCUT2D eigenvalue weighted by Crippen LogP contribution is -2.23. The fraction of sp³-hybridized carbons (Fsp3) is 0.429. The van der Waals surface area contributed by atoms with Crippen molar-refractivity contribution in [1.82, 2.24) is 0 Å². The molecule has 0 unspecified atom stereocenters. The van der Waals surface area contributed by atoms with Crippen molar-refractivity contribution in [2.45, 2.75) is 53.1 Å². The normalized spacial score (nSPS) is 13.4. The molecule has 23 heavy (non-hydrogen) atoms. The van der Waals surface area contributed by atoms with Gasteiger partial charge in [-0.3, -0.25) is 0 Å². The summed E-state index contributed by atoms with van der Waals surface area (Å²) in [5, 5.41) is 3.48. The van der Waals surface area contributed by atoms with Crippen LogP contribution >= 0.6 is 0 Å². The van der Waals surface area contributed by atoms with Gasteiger partial charge in [-0.05, 0) is 68.0 Å². The van der Waals surface area contributed by atoms with Gasteiger partial charge in [-0.2, -0.15) is 0 Å². The maximum absolute atomic E-state index is 6.19. The van der Waals surface area contributed by atoms with Gasteiger partial charge >= 0.3 is 0 Å². The molecule has 1 N–H and O–H groups in total. The van der Waals surface area contributed by atoms with Gasteiger partial charge in [-0.25, -0.2) is 0 Å². The molecule has 0 aliphatic carbocycles. The summed E-state index contributed by atoms with van der Waals surface area (Å²) in [6.45, 7) is 11.6. The van der Waals surface area contributed by atoms with Crippen molar-refractivity contribution < 1.29 is 4.74 Å². The fourth-order valence-electron chi connectivity index (χ4n) is 2.81. The highest BCUT2D eigenvalue weighted by Crippen LogP contribution is 2.29. The molecule has 2 atom stereocenters. The van der Waals surface area contributed by atoms with Crippen LogP contribution in [0.25, 0.3) is 0 Å². The van der Waals surface area contributed by atoms with E-state index < -0.39 is 0 Å². The van der Waals surface area contributed by atoms with E-state index in [1.165, 1.54) is 16.7 Å². The summed E-state index contributed by atoms with van der Waals surface area (Å²) in [6.07, 6.45) is 1.23. The number of benzene rings is 2. The third-order valence-electron chi connectivity index (χ3n) is 4.21. The summed E-state index contributed by atoms with van der Waals surface area (Å²) in [5.41, 5.74) is 5.02. The summed E-state index contributed by atoms with van der Waals surface area (Å²) in [4.78, 5) is 0. The van der Waals surface area contributed by atoms with Gasteiger partial charge in [0.1, 0.15) is 11.9 Å². The van der Waals surface area contributed by atoms with E-state index in [9.17, 15) is 0 Å². The van der Waals surface area contributed by atoms with Gasteiger partial charge in [0.05, 0.1) is 6.54 Å². The third-order valence-corrected chi connectivity index (χ3v) is 4.21. The van der Waals surface area contributed by atoms with Crippen molar-refractivity contribution >= 4 is 5.69 Å². The Morgan fingerprint density at radius 2 is 1.65 bits per heavy atom. The molecule has 0 fully saturated rings. The minimum Gasteiger partial charge on any atom is -0.489 e. The summed E-state index contributed by atoms with van der Waals surface area (Å²) in [5.74, 6) is 1.53. The monoisotopic (exact) mass is 311 g/mol. The molecule has 2 aromatic carbocycles. The summed E-state index contributed by atoms with van der Waals surface area (Å²) >= 11 is 0. The van der Waals surface area contributed by atoms with Crippen LogP contribution < -0.4 is 10.1 Å². The molecular weight excluding hydrogens is 282 g/mol. The van der Waals surface area contributed by atoms with Crippen LogP contribution in [-0.4, -0.2) is 12.6 Å². The molecule has 2 heteroatoms. The third kappa shape index (κ3) is 5.02. The van der Waals surface area contributed by atoms with Gasteiger partial charge < -0.3 is 10.1 Å². The molecule has 0 aliphatic rings. The fourth-order valence-corrected chi connectivity index (χ4v) is 2.81. The number of ether oxygens (including phenoxy) is 1. The van der Waals surface area contributed by atoms with Crippen molar-refractivity contribution in [2.24, 2.45) is 0 Å². The number of hydrogen-bond donors (Lipinski definition) is 1. The summed E-state index contributed by atoms with van der Waals surface area (Å²) in [7, 11) is 0. The van der Waals surface area contributed by atoms with Crippen LogP contribution in [0, 0.1) is 13.8 Å². The predicted octanol–water partition coefficient (Wildman–Crippen LogP) is 5.70. The molecule has 124 valence electrons. The molecule has 0 saturated carbocycles. The Morgan fingerprint density at radius 3 is 2.30 bits per heavy atom. The largest absolute Gasteiger partial charge is 0.489 e. The van der Waals surface area contributed by atoms with Crippen molar-refractivity contribution in [2.75, 3.05) is 11.9 Å². The van der Waals surface area contributed by atoms with E-state index in [0.717, 1.165) is 24.4 Å². The Morgan fingerprint density at radius 1 is 1.00 bits per heavy atom. The maximum atomic E-state index is 6.19. The predicted molar refractivity (Wildman–Crippen MR) is 99.6 cm³/mol. The molecule has 0 saturated heterocycles. The molecule has 2 aromatic rings. The van der Waals surface area contributed by atoms with Gasteiger partial charge in [0, 0.05) is 5.69 Å². The molecule has 0 spiro atoms. The van der Waals surface area contributed by atoms with Crippen LogP contribution in [0.15, 0.2) is 42.5 Å². The van der Waals surface area contributed by atoms with E-state index in [0.29, 0.717) is 5.92 Å². The SMILES string of the molecule is CC[C@H](C)c1ccccc1O[C@H](C)CNc1cc(C)cc(C)c1. The van der Waals surface area contributed by atoms with Crippen LogP contribution in [0.4, 0.5) is 5.69 Å². The van der Waals surface area contributed by atoms with E-state index in [2.05, 4.69) is 76.3 Å². The van der Waals surface area contributed by atoms with Crippen LogP contribution in [0.3, 0.4) is 0 Å². The number of hydrogen-bond acceptors (Lipinski definition) is 2. The lowest BCUT2D eigenvalue weighted by atomic mass is 9.98. The van der Waals surface area contributed by atoms with Gasteiger partial charge in [-0.15, -0.1) is 0 Å². The molecule has 0 radical (unpaired) electrons. The van der Waals surface area contributed by atoms with Crippen molar-refractivity contribution in [3.05, 3.63) is 59.2 Å². The average molecular weight is 311 g/mol. The second-order valence-electron chi connectivity index (χ2n) is 6.53. The highest BCUT2D eigenvalue weighted by Gasteiger charge is 2.12. The minimum absolute atomic E-state index is 0.112. The van der Waals surface area contributed by atoms with E-state index in [1.54, 1.807) is 0 Å². The average Bonchev–Trinajstić information content (AvgIpc) is 2.52. The molecule has 0 heterocycles. The second kappa shape index (κ2) is 8.05. The quantitative estimate of drug-likeness (QED) is 0.708. The number of anilines is 1. The van der Waals surface area contributed by atoms with Gasteiger partial charge in [0.15, 0.2) is 0 Å². The molecular formula is C21H29NO. The first-order chi connectivity index (χ1) is 11.0. The van der Waals surface area contributed by atoms with Crippen LogP contribution in [0.2, 0.25) is 0 Å². The van der Waals surface area contributed by atoms with Gasteiger partial charge in [-0.1, -0.05) is 38.1 Å². The molecule has 0 aromatic heterocycles. The highest BCUT2D eigenvalue weighted by atomic mass is 16.5. The zero-order chi connectivity index (χ0) is 16.8. The Bertz CT molecular complexity index is 615. The van der Waals surface area contributed by atoms with Gasteiger partial charge in [0.25, 0.3) is 0 Å². The Hall–Kier alpha value is -1.96. The molecule has 0 amide bonds.